The second-order valence-electron chi connectivity index (χ2n) is 5.64. The van der Waals surface area contributed by atoms with Crippen LogP contribution in [0, 0.1) is 17.7 Å². The zero-order chi connectivity index (χ0) is 16.9. The quantitative estimate of drug-likeness (QED) is 0.821. The lowest BCUT2D eigenvalue weighted by Gasteiger charge is -2.05. The van der Waals surface area contributed by atoms with Crippen molar-refractivity contribution in [3.63, 3.8) is 0 Å². The topological polar surface area (TPSA) is 41.1 Å². The van der Waals surface area contributed by atoms with Gasteiger partial charge >= 0.3 is 6.03 Å². The fraction of sp³-hybridized carbons (Fsp3) is 0.211. The van der Waals surface area contributed by atoms with E-state index in [0.717, 1.165) is 6.42 Å². The summed E-state index contributed by atoms with van der Waals surface area (Å²) in [5.74, 6) is 5.62. The van der Waals surface area contributed by atoms with Crippen LogP contribution in [-0.4, -0.2) is 18.6 Å². The Morgan fingerprint density at radius 3 is 2.79 bits per heavy atom. The number of urea groups is 1. The van der Waals surface area contributed by atoms with Crippen molar-refractivity contribution in [2.24, 2.45) is 0 Å². The molecule has 1 aliphatic carbocycles. The Bertz CT molecular complexity index is 795. The van der Waals surface area contributed by atoms with Gasteiger partial charge in [0.2, 0.25) is 0 Å². The van der Waals surface area contributed by atoms with Gasteiger partial charge in [0.25, 0.3) is 0 Å². The molecule has 3 nitrogen and oxygen atoms in total. The number of nitrogens with one attached hydrogen (secondary N) is 2. The minimum Gasteiger partial charge on any atom is -0.335 e. The van der Waals surface area contributed by atoms with E-state index in [0.29, 0.717) is 16.5 Å². The Hall–Kier alpha value is -2.51. The van der Waals surface area contributed by atoms with Crippen LogP contribution in [0.1, 0.15) is 23.5 Å². The zero-order valence-corrected chi connectivity index (χ0v) is 13.6. The third kappa shape index (κ3) is 4.50. The summed E-state index contributed by atoms with van der Waals surface area (Å²) in [5.41, 5.74) is 1.76. The molecule has 2 aromatic rings. The Kier molecular flexibility index (Phi) is 5.02. The van der Waals surface area contributed by atoms with Crippen LogP contribution in [0.5, 0.6) is 0 Å². The van der Waals surface area contributed by atoms with Crippen LogP contribution < -0.4 is 10.6 Å². The summed E-state index contributed by atoms with van der Waals surface area (Å²) in [6.45, 7) is 0.209. The van der Waals surface area contributed by atoms with E-state index >= 15 is 0 Å². The molecule has 2 aromatic carbocycles. The van der Waals surface area contributed by atoms with Crippen molar-refractivity contribution >= 4 is 17.6 Å². The highest BCUT2D eigenvalue weighted by Crippen LogP contribution is 2.40. The SMILES string of the molecule is O=C(NCC#Cc1cccc(F)c1)N[C@@H]1C[C@H]1c1ccc(Cl)cc1. The van der Waals surface area contributed by atoms with Gasteiger partial charge < -0.3 is 10.6 Å². The number of carbonyl (C=O) groups is 1. The van der Waals surface area contributed by atoms with Crippen molar-refractivity contribution in [3.8, 4) is 11.8 Å². The van der Waals surface area contributed by atoms with Crippen molar-refractivity contribution in [2.45, 2.75) is 18.4 Å². The molecule has 2 atom stereocenters. The van der Waals surface area contributed by atoms with Crippen LogP contribution in [0.3, 0.4) is 0 Å². The van der Waals surface area contributed by atoms with Crippen molar-refractivity contribution in [2.75, 3.05) is 6.54 Å². The van der Waals surface area contributed by atoms with Crippen LogP contribution in [-0.2, 0) is 0 Å². The minimum absolute atomic E-state index is 0.141. The molecule has 0 radical (unpaired) electrons. The summed E-state index contributed by atoms with van der Waals surface area (Å²) >= 11 is 5.87. The van der Waals surface area contributed by atoms with Gasteiger partial charge in [0.1, 0.15) is 5.82 Å². The van der Waals surface area contributed by atoms with E-state index in [1.165, 1.54) is 17.7 Å². The molecule has 0 aromatic heterocycles. The monoisotopic (exact) mass is 342 g/mol. The number of rotatable bonds is 3. The summed E-state index contributed by atoms with van der Waals surface area (Å²) in [5, 5.41) is 6.30. The number of benzene rings is 2. The maximum Gasteiger partial charge on any atom is 0.315 e. The molecule has 24 heavy (non-hydrogen) atoms. The molecule has 1 aliphatic rings. The van der Waals surface area contributed by atoms with Gasteiger partial charge in [-0.1, -0.05) is 41.6 Å². The first-order valence-corrected chi connectivity index (χ1v) is 8.04. The number of hydrogen-bond acceptors (Lipinski definition) is 1. The van der Waals surface area contributed by atoms with Gasteiger partial charge in [-0.15, -0.1) is 0 Å². The third-order valence-corrected chi connectivity index (χ3v) is 4.05. The molecule has 1 saturated carbocycles. The molecule has 0 bridgehead atoms. The van der Waals surface area contributed by atoms with E-state index in [-0.39, 0.29) is 24.4 Å². The first-order valence-electron chi connectivity index (χ1n) is 7.66. The first-order chi connectivity index (χ1) is 11.6. The molecule has 0 spiro atoms. The van der Waals surface area contributed by atoms with Crippen molar-refractivity contribution in [1.29, 1.82) is 0 Å². The van der Waals surface area contributed by atoms with E-state index in [9.17, 15) is 9.18 Å². The maximum absolute atomic E-state index is 13.0. The average Bonchev–Trinajstić information content (AvgIpc) is 3.31. The smallest absolute Gasteiger partial charge is 0.315 e. The summed E-state index contributed by atoms with van der Waals surface area (Å²) in [6, 6.07) is 13.6. The Balaban J connectivity index is 1.42. The molecule has 1 fully saturated rings. The van der Waals surface area contributed by atoms with E-state index in [1.54, 1.807) is 12.1 Å². The van der Waals surface area contributed by atoms with E-state index < -0.39 is 0 Å². The molecule has 0 aliphatic heterocycles. The molecule has 0 unspecified atom stereocenters. The second kappa shape index (κ2) is 7.37. The summed E-state index contributed by atoms with van der Waals surface area (Å²) in [6.07, 6.45) is 0.921. The first kappa shape index (κ1) is 16.4. The van der Waals surface area contributed by atoms with Gasteiger partial charge in [-0.25, -0.2) is 9.18 Å². The highest BCUT2D eigenvalue weighted by Gasteiger charge is 2.39. The molecular weight excluding hydrogens is 327 g/mol. The van der Waals surface area contributed by atoms with E-state index in [2.05, 4.69) is 22.5 Å². The lowest BCUT2D eigenvalue weighted by molar-refractivity contribution is 0.241. The lowest BCUT2D eigenvalue weighted by atomic mass is 10.1. The van der Waals surface area contributed by atoms with Crippen LogP contribution in [0.15, 0.2) is 48.5 Å². The van der Waals surface area contributed by atoms with Gasteiger partial charge in [-0.2, -0.15) is 0 Å². The fourth-order valence-electron chi connectivity index (χ4n) is 2.49. The number of amides is 2. The standard InChI is InChI=1S/C19H16ClFN2O/c20-15-8-6-14(7-9-15)17-12-18(17)23-19(24)22-10-2-4-13-3-1-5-16(21)11-13/h1,3,5-9,11,17-18H,10,12H2,(H2,22,23,24)/t17-,18+/m0/s1. The van der Waals surface area contributed by atoms with Crippen LogP contribution in [0.2, 0.25) is 5.02 Å². The van der Waals surface area contributed by atoms with Gasteiger partial charge in [-0.05, 0) is 42.3 Å². The minimum atomic E-state index is -0.325. The number of hydrogen-bond donors (Lipinski definition) is 2. The lowest BCUT2D eigenvalue weighted by Crippen LogP contribution is -2.37. The van der Waals surface area contributed by atoms with E-state index in [1.807, 2.05) is 24.3 Å². The summed E-state index contributed by atoms with van der Waals surface area (Å²) < 4.78 is 13.0. The van der Waals surface area contributed by atoms with E-state index in [4.69, 9.17) is 11.6 Å². The van der Waals surface area contributed by atoms with Crippen LogP contribution in [0.4, 0.5) is 9.18 Å². The Morgan fingerprint density at radius 1 is 1.25 bits per heavy atom. The maximum atomic E-state index is 13.0. The fourth-order valence-corrected chi connectivity index (χ4v) is 2.62. The third-order valence-electron chi connectivity index (χ3n) is 3.80. The predicted octanol–water partition coefficient (Wildman–Crippen LogP) is 3.69. The van der Waals surface area contributed by atoms with Crippen LogP contribution >= 0.6 is 11.6 Å². The number of halogens is 2. The van der Waals surface area contributed by atoms with Crippen molar-refractivity contribution in [1.82, 2.24) is 10.6 Å². The highest BCUT2D eigenvalue weighted by atomic mass is 35.5. The van der Waals surface area contributed by atoms with Gasteiger partial charge in [0.05, 0.1) is 6.54 Å². The zero-order valence-electron chi connectivity index (χ0n) is 12.9. The van der Waals surface area contributed by atoms with Gasteiger partial charge in [-0.3, -0.25) is 0 Å². The molecule has 3 rings (SSSR count). The second-order valence-corrected chi connectivity index (χ2v) is 6.08. The van der Waals surface area contributed by atoms with Gasteiger partial charge in [0, 0.05) is 22.5 Å². The molecule has 2 amide bonds. The highest BCUT2D eigenvalue weighted by molar-refractivity contribution is 6.30. The van der Waals surface area contributed by atoms with Crippen molar-refractivity contribution < 1.29 is 9.18 Å². The predicted molar refractivity (Wildman–Crippen MR) is 92.4 cm³/mol. The average molecular weight is 343 g/mol. The molecular formula is C19H16ClFN2O. The Morgan fingerprint density at radius 2 is 2.04 bits per heavy atom. The van der Waals surface area contributed by atoms with Crippen molar-refractivity contribution in [3.05, 3.63) is 70.5 Å². The van der Waals surface area contributed by atoms with Gasteiger partial charge in [0.15, 0.2) is 0 Å². The number of carbonyl (C=O) groups excluding carboxylic acids is 1. The Labute approximate surface area is 145 Å². The molecule has 5 heteroatoms. The van der Waals surface area contributed by atoms with Crippen LogP contribution in [0.25, 0.3) is 0 Å². The normalized spacial score (nSPS) is 18.2. The summed E-state index contributed by atoms with van der Waals surface area (Å²) in [7, 11) is 0. The molecule has 2 N–H and O–H groups in total. The molecule has 0 saturated heterocycles. The summed E-state index contributed by atoms with van der Waals surface area (Å²) in [4.78, 5) is 11.8. The molecule has 0 heterocycles. The molecule has 122 valence electrons. The largest absolute Gasteiger partial charge is 0.335 e.